The summed E-state index contributed by atoms with van der Waals surface area (Å²) in [6.07, 6.45) is 2.55. The number of fused-ring (bicyclic) bond motifs is 1. The monoisotopic (exact) mass is 258 g/mol. The molecule has 0 aliphatic carbocycles. The van der Waals surface area contributed by atoms with Crippen LogP contribution in [0.2, 0.25) is 0 Å². The molecule has 0 amide bonds. The lowest BCUT2D eigenvalue weighted by Crippen LogP contribution is -2.19. The van der Waals surface area contributed by atoms with Crippen molar-refractivity contribution in [2.45, 2.75) is 19.3 Å². The number of ketones is 1. The Morgan fingerprint density at radius 1 is 1.37 bits per heavy atom. The third kappa shape index (κ3) is 2.40. The van der Waals surface area contributed by atoms with Crippen LogP contribution in [0.4, 0.5) is 0 Å². The van der Waals surface area contributed by atoms with Gasteiger partial charge in [0.2, 0.25) is 0 Å². The molecule has 3 rings (SSSR count). The summed E-state index contributed by atoms with van der Waals surface area (Å²) in [6, 6.07) is 7.89. The van der Waals surface area contributed by atoms with Crippen LogP contribution in [0.25, 0.3) is 10.9 Å². The van der Waals surface area contributed by atoms with Gasteiger partial charge in [-0.1, -0.05) is 18.2 Å². The molecule has 0 saturated carbocycles. The molecule has 0 unspecified atom stereocenters. The Labute approximate surface area is 112 Å². The minimum atomic E-state index is 0.156. The number of nitrogens with zero attached hydrogens (tertiary/aromatic N) is 2. The molecular weight excluding hydrogens is 240 g/mol. The topological polar surface area (TPSA) is 44.1 Å². The second-order valence-electron chi connectivity index (χ2n) is 5.17. The Morgan fingerprint density at radius 2 is 2.11 bits per heavy atom. The lowest BCUT2D eigenvalue weighted by molar-refractivity contribution is 0.0600. The molecule has 0 spiro atoms. The molecule has 4 heteroatoms. The predicted molar refractivity (Wildman–Crippen MR) is 73.2 cm³/mol. The van der Waals surface area contributed by atoms with Gasteiger partial charge in [-0.2, -0.15) is 5.10 Å². The quantitative estimate of drug-likeness (QED) is 0.795. The van der Waals surface area contributed by atoms with E-state index in [4.69, 9.17) is 4.74 Å². The van der Waals surface area contributed by atoms with E-state index in [2.05, 4.69) is 5.10 Å². The van der Waals surface area contributed by atoms with Gasteiger partial charge in [-0.25, -0.2) is 0 Å². The SMILES string of the molecule is Cn1nc(C(=O)CC2CCOCC2)c2ccccc21. The fourth-order valence-corrected chi connectivity index (χ4v) is 2.73. The van der Waals surface area contributed by atoms with Gasteiger partial charge in [-0.3, -0.25) is 9.48 Å². The maximum absolute atomic E-state index is 12.4. The number of para-hydroxylation sites is 1. The molecule has 1 fully saturated rings. The van der Waals surface area contributed by atoms with Crippen molar-refractivity contribution in [1.29, 1.82) is 0 Å². The molecular formula is C15H18N2O2. The molecule has 0 N–H and O–H groups in total. The first-order chi connectivity index (χ1) is 9.25. The molecule has 0 atom stereocenters. The van der Waals surface area contributed by atoms with Gasteiger partial charge in [0, 0.05) is 32.1 Å². The summed E-state index contributed by atoms with van der Waals surface area (Å²) in [5.41, 5.74) is 1.63. The number of carbonyl (C=O) groups is 1. The number of hydrogen-bond acceptors (Lipinski definition) is 3. The fourth-order valence-electron chi connectivity index (χ4n) is 2.73. The van der Waals surface area contributed by atoms with Gasteiger partial charge in [-0.05, 0) is 24.8 Å². The van der Waals surface area contributed by atoms with Gasteiger partial charge >= 0.3 is 0 Å². The fraction of sp³-hybridized carbons (Fsp3) is 0.467. The number of aromatic nitrogens is 2. The van der Waals surface area contributed by atoms with E-state index in [0.29, 0.717) is 18.0 Å². The zero-order valence-electron chi connectivity index (χ0n) is 11.1. The molecule has 1 aromatic heterocycles. The van der Waals surface area contributed by atoms with Crippen LogP contribution in [0.3, 0.4) is 0 Å². The Balaban J connectivity index is 1.85. The Hall–Kier alpha value is -1.68. The largest absolute Gasteiger partial charge is 0.381 e. The van der Waals surface area contributed by atoms with E-state index < -0.39 is 0 Å². The number of Topliss-reactive ketones (excluding diaryl/α,β-unsaturated/α-hetero) is 1. The molecule has 1 aliphatic heterocycles. The summed E-state index contributed by atoms with van der Waals surface area (Å²) in [6.45, 7) is 1.56. The third-order valence-corrected chi connectivity index (χ3v) is 3.84. The van der Waals surface area contributed by atoms with Crippen LogP contribution in [0, 0.1) is 5.92 Å². The van der Waals surface area contributed by atoms with E-state index in [1.807, 2.05) is 31.3 Å². The average Bonchev–Trinajstić information content (AvgIpc) is 2.78. The highest BCUT2D eigenvalue weighted by Crippen LogP contribution is 2.24. The van der Waals surface area contributed by atoms with Crippen molar-refractivity contribution in [3.63, 3.8) is 0 Å². The zero-order chi connectivity index (χ0) is 13.2. The standard InChI is InChI=1S/C15H18N2O2/c1-17-13-5-3-2-4-12(13)15(16-17)14(18)10-11-6-8-19-9-7-11/h2-5,11H,6-10H2,1H3. The Bertz CT molecular complexity index is 597. The van der Waals surface area contributed by atoms with Gasteiger partial charge in [0.25, 0.3) is 0 Å². The Morgan fingerprint density at radius 3 is 2.89 bits per heavy atom. The lowest BCUT2D eigenvalue weighted by atomic mass is 9.93. The van der Waals surface area contributed by atoms with Crippen molar-refractivity contribution in [2.24, 2.45) is 13.0 Å². The number of hydrogen-bond donors (Lipinski definition) is 0. The molecule has 4 nitrogen and oxygen atoms in total. The number of ether oxygens (including phenoxy) is 1. The van der Waals surface area contributed by atoms with E-state index >= 15 is 0 Å². The highest BCUT2D eigenvalue weighted by molar-refractivity contribution is 6.06. The summed E-state index contributed by atoms with van der Waals surface area (Å²) in [5.74, 6) is 0.603. The second-order valence-corrected chi connectivity index (χ2v) is 5.17. The molecule has 1 saturated heterocycles. The maximum Gasteiger partial charge on any atom is 0.183 e. The van der Waals surface area contributed by atoms with E-state index in [1.165, 1.54) is 0 Å². The first-order valence-corrected chi connectivity index (χ1v) is 6.78. The zero-order valence-corrected chi connectivity index (χ0v) is 11.1. The van der Waals surface area contributed by atoms with Crippen LogP contribution in [0.1, 0.15) is 29.8 Å². The average molecular weight is 258 g/mol. The lowest BCUT2D eigenvalue weighted by Gasteiger charge is -2.20. The van der Waals surface area contributed by atoms with Crippen LogP contribution >= 0.6 is 0 Å². The Kier molecular flexibility index (Phi) is 3.34. The summed E-state index contributed by atoms with van der Waals surface area (Å²) < 4.78 is 7.11. The van der Waals surface area contributed by atoms with E-state index in [1.54, 1.807) is 4.68 Å². The van der Waals surface area contributed by atoms with Crippen molar-refractivity contribution in [1.82, 2.24) is 9.78 Å². The van der Waals surface area contributed by atoms with Crippen molar-refractivity contribution in [2.75, 3.05) is 13.2 Å². The molecule has 2 heterocycles. The molecule has 1 aliphatic rings. The number of benzene rings is 1. The minimum Gasteiger partial charge on any atom is -0.381 e. The van der Waals surface area contributed by atoms with Crippen LogP contribution in [-0.4, -0.2) is 28.8 Å². The van der Waals surface area contributed by atoms with E-state index in [0.717, 1.165) is 37.0 Å². The highest BCUT2D eigenvalue weighted by Gasteiger charge is 2.21. The van der Waals surface area contributed by atoms with Gasteiger partial charge in [0.1, 0.15) is 5.69 Å². The van der Waals surface area contributed by atoms with Gasteiger partial charge in [-0.15, -0.1) is 0 Å². The smallest absolute Gasteiger partial charge is 0.183 e. The van der Waals surface area contributed by atoms with Crippen molar-refractivity contribution in [3.8, 4) is 0 Å². The molecule has 100 valence electrons. The minimum absolute atomic E-state index is 0.156. The first-order valence-electron chi connectivity index (χ1n) is 6.78. The van der Waals surface area contributed by atoms with Crippen LogP contribution < -0.4 is 0 Å². The summed E-state index contributed by atoms with van der Waals surface area (Å²) in [7, 11) is 1.88. The van der Waals surface area contributed by atoms with Crippen LogP contribution in [0.5, 0.6) is 0 Å². The molecule has 2 aromatic rings. The second kappa shape index (κ2) is 5.13. The number of aryl methyl sites for hydroxylation is 1. The van der Waals surface area contributed by atoms with Crippen molar-refractivity contribution < 1.29 is 9.53 Å². The normalized spacial score (nSPS) is 16.9. The van der Waals surface area contributed by atoms with Gasteiger partial charge < -0.3 is 4.74 Å². The molecule has 0 radical (unpaired) electrons. The predicted octanol–water partition coefficient (Wildman–Crippen LogP) is 2.57. The molecule has 19 heavy (non-hydrogen) atoms. The maximum atomic E-state index is 12.4. The summed E-state index contributed by atoms with van der Waals surface area (Å²) >= 11 is 0. The molecule has 0 bridgehead atoms. The number of rotatable bonds is 3. The van der Waals surface area contributed by atoms with Crippen molar-refractivity contribution in [3.05, 3.63) is 30.0 Å². The third-order valence-electron chi connectivity index (χ3n) is 3.84. The van der Waals surface area contributed by atoms with E-state index in [-0.39, 0.29) is 5.78 Å². The van der Waals surface area contributed by atoms with Crippen LogP contribution in [-0.2, 0) is 11.8 Å². The first kappa shape index (κ1) is 12.4. The van der Waals surface area contributed by atoms with Gasteiger partial charge in [0.05, 0.1) is 5.52 Å². The summed E-state index contributed by atoms with van der Waals surface area (Å²) in [4.78, 5) is 12.4. The number of carbonyl (C=O) groups excluding carboxylic acids is 1. The van der Waals surface area contributed by atoms with E-state index in [9.17, 15) is 4.79 Å². The summed E-state index contributed by atoms with van der Waals surface area (Å²) in [5, 5.41) is 5.35. The van der Waals surface area contributed by atoms with Crippen LogP contribution in [0.15, 0.2) is 24.3 Å². The highest BCUT2D eigenvalue weighted by atomic mass is 16.5. The van der Waals surface area contributed by atoms with Gasteiger partial charge in [0.15, 0.2) is 5.78 Å². The molecule has 1 aromatic carbocycles. The van der Waals surface area contributed by atoms with Crippen molar-refractivity contribution >= 4 is 16.7 Å².